The highest BCUT2D eigenvalue weighted by molar-refractivity contribution is 7.99. The monoisotopic (exact) mass is 379 g/mol. The van der Waals surface area contributed by atoms with Gasteiger partial charge in [-0.15, -0.1) is 0 Å². The molecule has 3 rings (SSSR count). The van der Waals surface area contributed by atoms with Gasteiger partial charge in [-0.05, 0) is 39.0 Å². The van der Waals surface area contributed by atoms with E-state index < -0.39 is 0 Å². The van der Waals surface area contributed by atoms with Crippen LogP contribution in [0.1, 0.15) is 31.9 Å². The van der Waals surface area contributed by atoms with E-state index >= 15 is 0 Å². The Morgan fingerprint density at radius 3 is 2.78 bits per heavy atom. The Balaban J connectivity index is 1.89. The summed E-state index contributed by atoms with van der Waals surface area (Å²) in [6.45, 7) is 8.46. The predicted octanol–water partition coefficient (Wildman–Crippen LogP) is 3.98. The van der Waals surface area contributed by atoms with Crippen LogP contribution in [0.3, 0.4) is 0 Å². The number of hydrogen-bond acceptors (Lipinski definition) is 4. The maximum Gasteiger partial charge on any atom is 0.154 e. The van der Waals surface area contributed by atoms with E-state index in [-0.39, 0.29) is 5.78 Å². The van der Waals surface area contributed by atoms with Crippen molar-refractivity contribution in [3.05, 3.63) is 41.6 Å². The average Bonchev–Trinajstić information content (AvgIpc) is 3.04. The number of hydrogen-bond donors (Lipinski definition) is 1. The molecule has 1 saturated heterocycles. The number of aliphatic imine (C=N–C) groups is 1. The summed E-state index contributed by atoms with van der Waals surface area (Å²) in [5.41, 5.74) is 4.52. The van der Waals surface area contributed by atoms with Crippen LogP contribution >= 0.6 is 11.8 Å². The Labute approximate surface area is 165 Å². The molecule has 27 heavy (non-hydrogen) atoms. The van der Waals surface area contributed by atoms with Crippen molar-refractivity contribution in [3.63, 3.8) is 0 Å². The number of rotatable bonds is 4. The maximum atomic E-state index is 11.6. The molecule has 0 unspecified atom stereocenters. The zero-order valence-corrected chi connectivity index (χ0v) is 16.9. The number of H-pyrrole nitrogens is 1. The number of benzene rings is 1. The number of carbonyl (C=O) groups excluding carboxylic acids is 1. The van der Waals surface area contributed by atoms with Crippen LogP contribution in [0.2, 0.25) is 0 Å². The van der Waals surface area contributed by atoms with Crippen molar-refractivity contribution >= 4 is 39.9 Å². The zero-order valence-electron chi connectivity index (χ0n) is 16.1. The molecule has 140 valence electrons. The average molecular weight is 380 g/mol. The molecule has 2 aromatic rings. The van der Waals surface area contributed by atoms with Crippen molar-refractivity contribution in [2.45, 2.75) is 20.8 Å². The molecule has 4 nitrogen and oxygen atoms in total. The first-order chi connectivity index (χ1) is 13.0. The van der Waals surface area contributed by atoms with E-state index in [0.717, 1.165) is 47.4 Å². The summed E-state index contributed by atoms with van der Waals surface area (Å²) in [5, 5.41) is 1.04. The Kier molecular flexibility index (Phi) is 6.54. The highest BCUT2D eigenvalue weighted by Gasteiger charge is 2.10. The Morgan fingerprint density at radius 1 is 1.30 bits per heavy atom. The normalized spacial score (nSPS) is 15.3. The molecule has 0 radical (unpaired) electrons. The van der Waals surface area contributed by atoms with Crippen LogP contribution in [-0.2, 0) is 4.79 Å². The fourth-order valence-electron chi connectivity index (χ4n) is 3.03. The summed E-state index contributed by atoms with van der Waals surface area (Å²) >= 11 is 2.01. The van der Waals surface area contributed by atoms with Gasteiger partial charge in [-0.2, -0.15) is 11.8 Å². The van der Waals surface area contributed by atoms with E-state index in [1.165, 1.54) is 11.5 Å². The lowest BCUT2D eigenvalue weighted by Crippen LogP contribution is -2.32. The minimum Gasteiger partial charge on any atom is -0.360 e. The van der Waals surface area contributed by atoms with Crippen molar-refractivity contribution in [1.82, 2.24) is 9.88 Å². The lowest BCUT2D eigenvalue weighted by molar-refractivity contribution is -0.112. The highest BCUT2D eigenvalue weighted by Crippen LogP contribution is 2.27. The third-order valence-electron chi connectivity index (χ3n) is 4.28. The second-order valence-electron chi connectivity index (χ2n) is 6.85. The Bertz CT molecular complexity index is 949. The maximum absolute atomic E-state index is 11.6. The summed E-state index contributed by atoms with van der Waals surface area (Å²) in [6.07, 6.45) is 3.50. The minimum absolute atomic E-state index is 0.0139. The van der Waals surface area contributed by atoms with Gasteiger partial charge in [0.2, 0.25) is 0 Å². The summed E-state index contributed by atoms with van der Waals surface area (Å²) in [7, 11) is 0. The number of aromatic nitrogens is 1. The number of nitrogens with one attached hydrogen (secondary N) is 1. The van der Waals surface area contributed by atoms with Crippen LogP contribution in [0, 0.1) is 11.8 Å². The van der Waals surface area contributed by atoms with E-state index in [4.69, 9.17) is 0 Å². The van der Waals surface area contributed by atoms with Gasteiger partial charge < -0.3 is 4.98 Å². The minimum atomic E-state index is -0.0139. The molecule has 0 aliphatic carbocycles. The highest BCUT2D eigenvalue weighted by atomic mass is 32.2. The van der Waals surface area contributed by atoms with Gasteiger partial charge in [0.25, 0.3) is 0 Å². The number of nitrogens with zero attached hydrogens (tertiary/aromatic N) is 2. The van der Waals surface area contributed by atoms with Crippen LogP contribution in [0.15, 0.2) is 35.5 Å². The standard InChI is InChI=1S/C22H25N3OS/c1-16(2)24-22(13-17(3)26)20-15-23-21-7-6-18(14-19(20)21)5-4-8-25-9-11-27-12-10-25/h6-7,13-15,23H,8-12H2,1-3H3/b22-13-. The van der Waals surface area contributed by atoms with E-state index in [1.54, 1.807) is 13.0 Å². The van der Waals surface area contributed by atoms with Crippen molar-refractivity contribution < 1.29 is 4.79 Å². The molecule has 1 aliphatic rings. The molecule has 1 fully saturated rings. The molecule has 5 heteroatoms. The second-order valence-corrected chi connectivity index (χ2v) is 8.08. The SMILES string of the molecule is CC(=O)/C=C(\N=C(C)C)c1c[nH]c2ccc(C#CCN3CCSCC3)cc12. The lowest BCUT2D eigenvalue weighted by Gasteiger charge is -2.23. The number of ketones is 1. The summed E-state index contributed by atoms with van der Waals surface area (Å²) in [6, 6.07) is 6.15. The molecular formula is C22H25N3OS. The third-order valence-corrected chi connectivity index (χ3v) is 5.22. The predicted molar refractivity (Wildman–Crippen MR) is 116 cm³/mol. The van der Waals surface area contributed by atoms with Crippen LogP contribution < -0.4 is 0 Å². The number of aromatic amines is 1. The molecule has 1 N–H and O–H groups in total. The third kappa shape index (κ3) is 5.35. The molecule has 1 aliphatic heterocycles. The summed E-state index contributed by atoms with van der Waals surface area (Å²) < 4.78 is 0. The van der Waals surface area contributed by atoms with Gasteiger partial charge in [-0.1, -0.05) is 11.8 Å². The molecule has 1 aromatic carbocycles. The van der Waals surface area contributed by atoms with Crippen LogP contribution in [0.4, 0.5) is 0 Å². The van der Waals surface area contributed by atoms with Crippen molar-refractivity contribution in [2.75, 3.05) is 31.1 Å². The molecule has 0 amide bonds. The number of allylic oxidation sites excluding steroid dienone is 1. The number of carbonyl (C=O) groups is 1. The fraction of sp³-hybridized carbons (Fsp3) is 0.364. The summed E-state index contributed by atoms with van der Waals surface area (Å²) in [4.78, 5) is 21.9. The number of fused-ring (bicyclic) bond motifs is 1. The molecule has 0 atom stereocenters. The van der Waals surface area contributed by atoms with E-state index in [1.807, 2.05) is 43.9 Å². The van der Waals surface area contributed by atoms with Crippen molar-refractivity contribution in [2.24, 2.45) is 4.99 Å². The second kappa shape index (κ2) is 9.07. The molecular weight excluding hydrogens is 354 g/mol. The summed E-state index contributed by atoms with van der Waals surface area (Å²) in [5.74, 6) is 8.97. The van der Waals surface area contributed by atoms with Crippen molar-refractivity contribution in [1.29, 1.82) is 0 Å². The Morgan fingerprint density at radius 2 is 2.07 bits per heavy atom. The first kappa shape index (κ1) is 19.5. The van der Waals surface area contributed by atoms with Gasteiger partial charge in [0, 0.05) is 64.6 Å². The smallest absolute Gasteiger partial charge is 0.154 e. The van der Waals surface area contributed by atoms with Gasteiger partial charge in [-0.25, -0.2) is 0 Å². The van der Waals surface area contributed by atoms with E-state index in [2.05, 4.69) is 32.8 Å². The lowest BCUT2D eigenvalue weighted by atomic mass is 10.1. The molecule has 0 spiro atoms. The zero-order chi connectivity index (χ0) is 19.2. The van der Waals surface area contributed by atoms with Crippen molar-refractivity contribution in [3.8, 4) is 11.8 Å². The largest absolute Gasteiger partial charge is 0.360 e. The van der Waals surface area contributed by atoms with Crippen LogP contribution in [0.25, 0.3) is 16.6 Å². The topological polar surface area (TPSA) is 48.5 Å². The van der Waals surface area contributed by atoms with Gasteiger partial charge in [-0.3, -0.25) is 14.7 Å². The van der Waals surface area contributed by atoms with Gasteiger partial charge in [0.05, 0.1) is 12.2 Å². The Hall–Kier alpha value is -2.29. The van der Waals surface area contributed by atoms with Crippen LogP contribution in [-0.4, -0.2) is 52.5 Å². The van der Waals surface area contributed by atoms with E-state index in [9.17, 15) is 4.79 Å². The van der Waals surface area contributed by atoms with Gasteiger partial charge in [0.1, 0.15) is 0 Å². The van der Waals surface area contributed by atoms with Crippen LogP contribution in [0.5, 0.6) is 0 Å². The molecule has 0 bridgehead atoms. The van der Waals surface area contributed by atoms with Gasteiger partial charge >= 0.3 is 0 Å². The first-order valence-corrected chi connectivity index (χ1v) is 10.3. The quantitative estimate of drug-likeness (QED) is 0.497. The molecule has 1 aromatic heterocycles. The molecule has 0 saturated carbocycles. The first-order valence-electron chi connectivity index (χ1n) is 9.17. The number of thioether (sulfide) groups is 1. The van der Waals surface area contributed by atoms with E-state index in [0.29, 0.717) is 5.70 Å². The van der Waals surface area contributed by atoms with Gasteiger partial charge in [0.15, 0.2) is 5.78 Å². The molecule has 2 heterocycles. The fourth-order valence-corrected chi connectivity index (χ4v) is 4.01.